The van der Waals surface area contributed by atoms with Crippen LogP contribution in [0.1, 0.15) is 34.1 Å². The van der Waals surface area contributed by atoms with E-state index in [1.54, 1.807) is 4.90 Å². The van der Waals surface area contributed by atoms with Gasteiger partial charge in [-0.25, -0.2) is 9.59 Å². The summed E-state index contributed by atoms with van der Waals surface area (Å²) in [6.07, 6.45) is 0.444. The minimum atomic E-state index is -0.490. The number of carbonyl (C=O) groups excluding carboxylic acids is 2. The van der Waals surface area contributed by atoms with Crippen LogP contribution in [0.25, 0.3) is 0 Å². The number of likely N-dealkylation sites (tertiary alicyclic amines) is 1. The topological polar surface area (TPSA) is 70.7 Å². The molecule has 0 aromatic rings. The van der Waals surface area contributed by atoms with Gasteiger partial charge in [-0.2, -0.15) is 0 Å². The highest BCUT2D eigenvalue weighted by Crippen LogP contribution is 2.29. The number of hydrogen-bond donors (Lipinski definition) is 2. The van der Waals surface area contributed by atoms with Gasteiger partial charge in [0.2, 0.25) is 0 Å². The molecule has 18 heavy (non-hydrogen) atoms. The summed E-state index contributed by atoms with van der Waals surface area (Å²) in [6.45, 7) is 8.61. The Morgan fingerprint density at radius 3 is 2.67 bits per heavy atom. The van der Waals surface area contributed by atoms with E-state index in [9.17, 15) is 9.59 Å². The molecular formula is C12H21N3O3. The van der Waals surface area contributed by atoms with Crippen LogP contribution in [-0.4, -0.2) is 47.3 Å². The normalized spacial score (nSPS) is 31.4. The quantitative estimate of drug-likeness (QED) is 0.680. The molecule has 2 atom stereocenters. The van der Waals surface area contributed by atoms with Crippen LogP contribution in [0.15, 0.2) is 0 Å². The van der Waals surface area contributed by atoms with Crippen molar-refractivity contribution < 1.29 is 14.3 Å². The van der Waals surface area contributed by atoms with E-state index in [2.05, 4.69) is 10.6 Å². The second-order valence-corrected chi connectivity index (χ2v) is 6.13. The Labute approximate surface area is 107 Å². The second-order valence-electron chi connectivity index (χ2n) is 6.13. The Bertz CT molecular complexity index is 377. The van der Waals surface area contributed by atoms with Crippen LogP contribution in [0.3, 0.4) is 0 Å². The van der Waals surface area contributed by atoms with Crippen molar-refractivity contribution in [3.8, 4) is 0 Å². The lowest BCUT2D eigenvalue weighted by molar-refractivity contribution is 0.0281. The van der Waals surface area contributed by atoms with Gasteiger partial charge in [-0.05, 0) is 34.1 Å². The van der Waals surface area contributed by atoms with Gasteiger partial charge in [0.1, 0.15) is 5.60 Å². The minimum absolute atomic E-state index is 0.0254. The monoisotopic (exact) mass is 255 g/mol. The third-order valence-electron chi connectivity index (χ3n) is 3.49. The Morgan fingerprint density at radius 1 is 1.50 bits per heavy atom. The van der Waals surface area contributed by atoms with E-state index in [4.69, 9.17) is 4.74 Å². The lowest BCUT2D eigenvalue weighted by Crippen LogP contribution is -2.51. The molecule has 2 rings (SSSR count). The van der Waals surface area contributed by atoms with Crippen molar-refractivity contribution in [2.24, 2.45) is 0 Å². The molecule has 6 heteroatoms. The molecule has 0 bridgehead atoms. The summed E-state index contributed by atoms with van der Waals surface area (Å²) in [5, 5.41) is 5.76. The Morgan fingerprint density at radius 2 is 2.17 bits per heavy atom. The van der Waals surface area contributed by atoms with Crippen LogP contribution in [0, 0.1) is 0 Å². The predicted octanol–water partition coefficient (Wildman–Crippen LogP) is 1.07. The molecule has 0 aliphatic carbocycles. The molecule has 102 valence electrons. The molecule has 2 fully saturated rings. The number of nitrogens with zero attached hydrogens (tertiary/aromatic N) is 1. The Kier molecular flexibility index (Phi) is 2.91. The molecule has 0 aromatic carbocycles. The number of nitrogens with one attached hydrogen (secondary N) is 2. The lowest BCUT2D eigenvalue weighted by Gasteiger charge is -2.28. The Balaban J connectivity index is 2.00. The summed E-state index contributed by atoms with van der Waals surface area (Å²) in [6, 6.07) is -0.133. The molecule has 2 saturated heterocycles. The van der Waals surface area contributed by atoms with Crippen LogP contribution in [0.4, 0.5) is 9.59 Å². The highest BCUT2D eigenvalue weighted by molar-refractivity contribution is 5.79. The molecule has 2 unspecified atom stereocenters. The average Bonchev–Trinajstić information content (AvgIpc) is 2.70. The number of amides is 3. The highest BCUT2D eigenvalue weighted by Gasteiger charge is 2.50. The molecule has 2 aliphatic rings. The van der Waals surface area contributed by atoms with Crippen LogP contribution < -0.4 is 10.6 Å². The van der Waals surface area contributed by atoms with Gasteiger partial charge in [0.05, 0.1) is 11.6 Å². The molecule has 2 aliphatic heterocycles. The maximum absolute atomic E-state index is 12.0. The largest absolute Gasteiger partial charge is 0.444 e. The number of urea groups is 1. The standard InChI is InChI=1S/C12H21N3O3/c1-8-12(14-9(16)13-8)5-6-15(7-12)10(17)18-11(2,3)4/h8H,5-7H2,1-4H3,(H2,13,14,16). The highest BCUT2D eigenvalue weighted by atomic mass is 16.6. The van der Waals surface area contributed by atoms with Crippen LogP contribution >= 0.6 is 0 Å². The second kappa shape index (κ2) is 4.03. The summed E-state index contributed by atoms with van der Waals surface area (Å²) in [5.41, 5.74) is -0.830. The van der Waals surface area contributed by atoms with E-state index in [1.165, 1.54) is 0 Å². The third kappa shape index (κ3) is 2.37. The van der Waals surface area contributed by atoms with Crippen molar-refractivity contribution in [1.29, 1.82) is 0 Å². The first-order valence-electron chi connectivity index (χ1n) is 6.28. The van der Waals surface area contributed by atoms with Crippen LogP contribution in [-0.2, 0) is 4.74 Å². The molecule has 6 nitrogen and oxygen atoms in total. The number of hydrogen-bond acceptors (Lipinski definition) is 3. The zero-order valence-electron chi connectivity index (χ0n) is 11.4. The number of ether oxygens (including phenoxy) is 1. The first-order valence-corrected chi connectivity index (χ1v) is 6.28. The fourth-order valence-corrected chi connectivity index (χ4v) is 2.48. The zero-order valence-corrected chi connectivity index (χ0v) is 11.4. The predicted molar refractivity (Wildman–Crippen MR) is 66.3 cm³/mol. The van der Waals surface area contributed by atoms with Gasteiger partial charge in [0.15, 0.2) is 0 Å². The minimum Gasteiger partial charge on any atom is -0.444 e. The van der Waals surface area contributed by atoms with E-state index >= 15 is 0 Å². The summed E-state index contributed by atoms with van der Waals surface area (Å²) in [7, 11) is 0. The Hall–Kier alpha value is -1.46. The summed E-state index contributed by atoms with van der Waals surface area (Å²) < 4.78 is 5.34. The van der Waals surface area contributed by atoms with E-state index in [0.717, 1.165) is 6.42 Å². The van der Waals surface area contributed by atoms with Crippen molar-refractivity contribution >= 4 is 12.1 Å². The van der Waals surface area contributed by atoms with Gasteiger partial charge in [0, 0.05) is 13.1 Å². The fourth-order valence-electron chi connectivity index (χ4n) is 2.48. The maximum atomic E-state index is 12.0. The van der Waals surface area contributed by atoms with E-state index in [1.807, 2.05) is 27.7 Å². The molecule has 3 amide bonds. The molecular weight excluding hydrogens is 234 g/mol. The van der Waals surface area contributed by atoms with Gasteiger partial charge >= 0.3 is 12.1 Å². The van der Waals surface area contributed by atoms with Crippen LogP contribution in [0.5, 0.6) is 0 Å². The van der Waals surface area contributed by atoms with Crippen molar-refractivity contribution in [3.05, 3.63) is 0 Å². The molecule has 1 spiro atoms. The summed E-state index contributed by atoms with van der Waals surface area (Å²) in [4.78, 5) is 25.0. The SMILES string of the molecule is CC1NC(=O)NC12CCN(C(=O)OC(C)(C)C)C2. The zero-order chi connectivity index (χ0) is 13.6. The van der Waals surface area contributed by atoms with Gasteiger partial charge in [0.25, 0.3) is 0 Å². The van der Waals surface area contributed by atoms with E-state index in [-0.39, 0.29) is 23.7 Å². The maximum Gasteiger partial charge on any atom is 0.410 e. The third-order valence-corrected chi connectivity index (χ3v) is 3.49. The molecule has 2 heterocycles. The molecule has 0 radical (unpaired) electrons. The van der Waals surface area contributed by atoms with E-state index in [0.29, 0.717) is 13.1 Å². The van der Waals surface area contributed by atoms with Crippen molar-refractivity contribution in [2.75, 3.05) is 13.1 Å². The van der Waals surface area contributed by atoms with Gasteiger partial charge in [-0.1, -0.05) is 0 Å². The van der Waals surface area contributed by atoms with Crippen molar-refractivity contribution in [2.45, 2.75) is 51.3 Å². The molecule has 0 aromatic heterocycles. The van der Waals surface area contributed by atoms with Gasteiger partial charge in [-0.3, -0.25) is 0 Å². The summed E-state index contributed by atoms with van der Waals surface area (Å²) >= 11 is 0. The molecule has 2 N–H and O–H groups in total. The van der Waals surface area contributed by atoms with Crippen molar-refractivity contribution in [3.63, 3.8) is 0 Å². The van der Waals surface area contributed by atoms with Crippen LogP contribution in [0.2, 0.25) is 0 Å². The average molecular weight is 255 g/mol. The van der Waals surface area contributed by atoms with Gasteiger partial charge < -0.3 is 20.3 Å². The van der Waals surface area contributed by atoms with Crippen molar-refractivity contribution in [1.82, 2.24) is 15.5 Å². The first kappa shape index (κ1) is 13.0. The number of carbonyl (C=O) groups is 2. The smallest absolute Gasteiger partial charge is 0.410 e. The lowest BCUT2D eigenvalue weighted by atomic mass is 9.92. The fraction of sp³-hybridized carbons (Fsp3) is 0.833. The van der Waals surface area contributed by atoms with Gasteiger partial charge in [-0.15, -0.1) is 0 Å². The first-order chi connectivity index (χ1) is 8.22. The van der Waals surface area contributed by atoms with E-state index < -0.39 is 5.60 Å². The summed E-state index contributed by atoms with van der Waals surface area (Å²) in [5.74, 6) is 0. The molecule has 0 saturated carbocycles. The number of rotatable bonds is 0.